The number of nitrogens with two attached hydrogens (primary N) is 1. The van der Waals surface area contributed by atoms with Crippen LogP contribution < -0.4 is 10.5 Å². The Bertz CT molecular complexity index is 286. The van der Waals surface area contributed by atoms with Crippen LogP contribution in [0.3, 0.4) is 0 Å². The lowest BCUT2D eigenvalue weighted by Crippen LogP contribution is -2.15. The maximum Gasteiger partial charge on any atom is 0.122 e. The molecule has 1 atom stereocenters. The highest BCUT2D eigenvalue weighted by molar-refractivity contribution is 5.40. The first kappa shape index (κ1) is 10.0. The molecule has 0 saturated heterocycles. The molecule has 0 aliphatic heterocycles. The zero-order valence-corrected chi connectivity index (χ0v) is 7.95. The summed E-state index contributed by atoms with van der Waals surface area (Å²) in [6.45, 7) is 1.89. The van der Waals surface area contributed by atoms with Gasteiger partial charge >= 0.3 is 0 Å². The molecule has 3 heteroatoms. The van der Waals surface area contributed by atoms with Crippen molar-refractivity contribution >= 4 is 0 Å². The topological polar surface area (TPSA) is 55.5 Å². The van der Waals surface area contributed by atoms with Crippen molar-refractivity contribution in [2.75, 3.05) is 13.7 Å². The molecule has 1 rings (SSSR count). The van der Waals surface area contributed by atoms with Crippen molar-refractivity contribution in [3.8, 4) is 5.75 Å². The molecule has 0 aromatic heterocycles. The van der Waals surface area contributed by atoms with Gasteiger partial charge in [0.2, 0.25) is 0 Å². The van der Waals surface area contributed by atoms with Crippen LogP contribution in [0.15, 0.2) is 18.2 Å². The van der Waals surface area contributed by atoms with Crippen LogP contribution in [0, 0.1) is 6.92 Å². The lowest BCUT2D eigenvalue weighted by Gasteiger charge is -2.14. The van der Waals surface area contributed by atoms with Gasteiger partial charge in [-0.05, 0) is 24.1 Å². The number of methoxy groups -OCH3 is 1. The molecule has 0 fully saturated rings. The van der Waals surface area contributed by atoms with Crippen molar-refractivity contribution in [3.05, 3.63) is 29.3 Å². The van der Waals surface area contributed by atoms with E-state index in [1.807, 2.05) is 25.1 Å². The fourth-order valence-electron chi connectivity index (χ4n) is 1.35. The number of aliphatic hydroxyl groups excluding tert-OH is 1. The maximum absolute atomic E-state index is 8.91. The van der Waals surface area contributed by atoms with E-state index >= 15 is 0 Å². The minimum atomic E-state index is -0.324. The first-order chi connectivity index (χ1) is 6.20. The molecule has 13 heavy (non-hydrogen) atoms. The van der Waals surface area contributed by atoms with Gasteiger partial charge in [-0.1, -0.05) is 12.1 Å². The van der Waals surface area contributed by atoms with Gasteiger partial charge in [-0.15, -0.1) is 0 Å². The van der Waals surface area contributed by atoms with E-state index in [1.165, 1.54) is 0 Å². The third-order valence-electron chi connectivity index (χ3n) is 2.14. The zero-order valence-electron chi connectivity index (χ0n) is 7.95. The molecule has 0 aliphatic carbocycles. The number of benzene rings is 1. The number of ether oxygens (including phenoxy) is 1. The van der Waals surface area contributed by atoms with Crippen LogP contribution >= 0.6 is 0 Å². The Morgan fingerprint density at radius 3 is 2.77 bits per heavy atom. The predicted octanol–water partition coefficient (Wildman–Crippen LogP) is 0.996. The second-order valence-corrected chi connectivity index (χ2v) is 2.96. The van der Waals surface area contributed by atoms with Gasteiger partial charge in [-0.25, -0.2) is 0 Å². The lowest BCUT2D eigenvalue weighted by molar-refractivity contribution is 0.267. The van der Waals surface area contributed by atoms with Crippen LogP contribution in [0.2, 0.25) is 0 Å². The van der Waals surface area contributed by atoms with E-state index in [-0.39, 0.29) is 12.6 Å². The van der Waals surface area contributed by atoms with Gasteiger partial charge in [0.1, 0.15) is 5.75 Å². The molecule has 0 spiro atoms. The second kappa shape index (κ2) is 4.25. The van der Waals surface area contributed by atoms with E-state index in [0.717, 1.165) is 16.9 Å². The standard InChI is InChI=1S/C10H15NO2/c1-7-8(9(11)6-12)4-3-5-10(7)13-2/h3-5,9,12H,6,11H2,1-2H3. The first-order valence-electron chi connectivity index (χ1n) is 4.20. The predicted molar refractivity (Wildman–Crippen MR) is 51.7 cm³/mol. The van der Waals surface area contributed by atoms with Gasteiger partial charge in [0.15, 0.2) is 0 Å². The molecule has 0 saturated carbocycles. The first-order valence-corrected chi connectivity index (χ1v) is 4.20. The molecule has 1 aromatic rings. The van der Waals surface area contributed by atoms with Gasteiger partial charge in [0.25, 0.3) is 0 Å². The molecular formula is C10H15NO2. The Balaban J connectivity index is 3.08. The van der Waals surface area contributed by atoms with Gasteiger partial charge in [-0.3, -0.25) is 0 Å². The Morgan fingerprint density at radius 2 is 2.23 bits per heavy atom. The molecular weight excluding hydrogens is 166 g/mol. The Kier molecular flexibility index (Phi) is 3.28. The lowest BCUT2D eigenvalue weighted by atomic mass is 10.0. The highest BCUT2D eigenvalue weighted by Gasteiger charge is 2.09. The molecule has 1 aromatic carbocycles. The van der Waals surface area contributed by atoms with E-state index in [9.17, 15) is 0 Å². The summed E-state index contributed by atoms with van der Waals surface area (Å²) in [5.74, 6) is 0.807. The highest BCUT2D eigenvalue weighted by Crippen LogP contribution is 2.24. The van der Waals surface area contributed by atoms with Crippen LogP contribution in [0.25, 0.3) is 0 Å². The molecule has 0 bridgehead atoms. The van der Waals surface area contributed by atoms with Gasteiger partial charge < -0.3 is 15.6 Å². The zero-order chi connectivity index (χ0) is 9.84. The van der Waals surface area contributed by atoms with Crippen LogP contribution in [0.4, 0.5) is 0 Å². The number of hydrogen-bond acceptors (Lipinski definition) is 3. The van der Waals surface area contributed by atoms with Crippen LogP contribution in [0.1, 0.15) is 17.2 Å². The summed E-state index contributed by atoms with van der Waals surface area (Å²) in [5.41, 5.74) is 7.64. The number of rotatable bonds is 3. The fourth-order valence-corrected chi connectivity index (χ4v) is 1.35. The van der Waals surface area contributed by atoms with E-state index in [0.29, 0.717) is 0 Å². The SMILES string of the molecule is COc1cccc(C(N)CO)c1C. The summed E-state index contributed by atoms with van der Waals surface area (Å²) in [5, 5.41) is 8.91. The third-order valence-corrected chi connectivity index (χ3v) is 2.14. The van der Waals surface area contributed by atoms with Crippen molar-refractivity contribution < 1.29 is 9.84 Å². The Labute approximate surface area is 78.1 Å². The van der Waals surface area contributed by atoms with Crippen molar-refractivity contribution in [1.82, 2.24) is 0 Å². The van der Waals surface area contributed by atoms with E-state index in [4.69, 9.17) is 15.6 Å². The molecule has 3 N–H and O–H groups in total. The summed E-state index contributed by atoms with van der Waals surface area (Å²) >= 11 is 0. The van der Waals surface area contributed by atoms with Crippen molar-refractivity contribution in [3.63, 3.8) is 0 Å². The average molecular weight is 181 g/mol. The van der Waals surface area contributed by atoms with Gasteiger partial charge in [0.05, 0.1) is 19.8 Å². The summed E-state index contributed by atoms with van der Waals surface area (Å²) < 4.78 is 5.14. The molecule has 0 radical (unpaired) electrons. The summed E-state index contributed by atoms with van der Waals surface area (Å²) in [7, 11) is 1.62. The van der Waals surface area contributed by atoms with Crippen molar-refractivity contribution in [2.45, 2.75) is 13.0 Å². The van der Waals surface area contributed by atoms with Crippen LogP contribution in [0.5, 0.6) is 5.75 Å². The highest BCUT2D eigenvalue weighted by atomic mass is 16.5. The molecule has 3 nitrogen and oxygen atoms in total. The summed E-state index contributed by atoms with van der Waals surface area (Å²) in [6, 6.07) is 5.33. The number of hydrogen-bond donors (Lipinski definition) is 2. The largest absolute Gasteiger partial charge is 0.496 e. The van der Waals surface area contributed by atoms with E-state index in [1.54, 1.807) is 7.11 Å². The summed E-state index contributed by atoms with van der Waals surface area (Å²) in [6.07, 6.45) is 0. The Morgan fingerprint density at radius 1 is 1.54 bits per heavy atom. The number of aliphatic hydroxyl groups is 1. The normalized spacial score (nSPS) is 12.6. The quantitative estimate of drug-likeness (QED) is 0.731. The second-order valence-electron chi connectivity index (χ2n) is 2.96. The molecule has 0 amide bonds. The minimum Gasteiger partial charge on any atom is -0.496 e. The van der Waals surface area contributed by atoms with E-state index in [2.05, 4.69) is 0 Å². The van der Waals surface area contributed by atoms with Gasteiger partial charge in [0, 0.05) is 0 Å². The molecule has 72 valence electrons. The third kappa shape index (κ3) is 1.99. The smallest absolute Gasteiger partial charge is 0.122 e. The van der Waals surface area contributed by atoms with Crippen molar-refractivity contribution in [2.24, 2.45) is 5.73 Å². The fraction of sp³-hybridized carbons (Fsp3) is 0.400. The van der Waals surface area contributed by atoms with Crippen LogP contribution in [-0.2, 0) is 0 Å². The molecule has 0 aliphatic rings. The monoisotopic (exact) mass is 181 g/mol. The van der Waals surface area contributed by atoms with Crippen molar-refractivity contribution in [1.29, 1.82) is 0 Å². The minimum absolute atomic E-state index is 0.0476. The molecule has 0 heterocycles. The van der Waals surface area contributed by atoms with Gasteiger partial charge in [-0.2, -0.15) is 0 Å². The molecule has 1 unspecified atom stereocenters. The Hall–Kier alpha value is -1.06. The average Bonchev–Trinajstić information content (AvgIpc) is 2.17. The summed E-state index contributed by atoms with van der Waals surface area (Å²) in [4.78, 5) is 0. The van der Waals surface area contributed by atoms with Crippen LogP contribution in [-0.4, -0.2) is 18.8 Å². The maximum atomic E-state index is 8.91. The van der Waals surface area contributed by atoms with E-state index < -0.39 is 0 Å².